The van der Waals surface area contributed by atoms with Crippen molar-refractivity contribution in [3.63, 3.8) is 0 Å². The number of halogens is 1. The Balaban J connectivity index is 2.21. The lowest BCUT2D eigenvalue weighted by Gasteiger charge is -2.11. The van der Waals surface area contributed by atoms with Crippen LogP contribution in [0.15, 0.2) is 34.1 Å². The Hall–Kier alpha value is -1.70. The van der Waals surface area contributed by atoms with Crippen LogP contribution in [0, 0.1) is 0 Å². The fourth-order valence-electron chi connectivity index (χ4n) is 1.96. The molecule has 0 spiro atoms. The average Bonchev–Trinajstić information content (AvgIpc) is 2.79. The van der Waals surface area contributed by atoms with Crippen LogP contribution in [0.25, 0.3) is 0 Å². The summed E-state index contributed by atoms with van der Waals surface area (Å²) in [7, 11) is 3.91. The third-order valence-corrected chi connectivity index (χ3v) is 4.40. The molecule has 5 nitrogen and oxygen atoms in total. The smallest absolute Gasteiger partial charge is 0.338 e. The van der Waals surface area contributed by atoms with Gasteiger partial charge in [0.1, 0.15) is 5.00 Å². The first-order chi connectivity index (χ1) is 10.4. The summed E-state index contributed by atoms with van der Waals surface area (Å²) in [6.07, 6.45) is 0. The molecule has 2 rings (SSSR count). The Labute approximate surface area is 140 Å². The molecular weight excluding hydrogens is 368 g/mol. The van der Waals surface area contributed by atoms with Crippen LogP contribution in [-0.2, 0) is 6.54 Å². The largest absolute Gasteiger partial charge is 0.478 e. The molecule has 1 amide bonds. The number of nitrogens with one attached hydrogen (secondary N) is 1. The molecule has 0 radical (unpaired) electrons. The number of anilines is 1. The predicted molar refractivity (Wildman–Crippen MR) is 90.8 cm³/mol. The van der Waals surface area contributed by atoms with Crippen molar-refractivity contribution in [1.82, 2.24) is 4.90 Å². The van der Waals surface area contributed by atoms with Crippen molar-refractivity contribution in [2.24, 2.45) is 0 Å². The van der Waals surface area contributed by atoms with Crippen molar-refractivity contribution in [2.75, 3.05) is 19.4 Å². The zero-order chi connectivity index (χ0) is 16.3. The number of hydrogen-bond donors (Lipinski definition) is 2. The van der Waals surface area contributed by atoms with Gasteiger partial charge in [-0.05, 0) is 53.8 Å². The molecule has 0 saturated carbocycles. The van der Waals surface area contributed by atoms with E-state index in [4.69, 9.17) is 5.11 Å². The first-order valence-electron chi connectivity index (χ1n) is 6.44. The summed E-state index contributed by atoms with van der Waals surface area (Å²) in [4.78, 5) is 25.5. The number of carboxylic acids is 1. The molecule has 0 atom stereocenters. The molecule has 0 bridgehead atoms. The first-order valence-corrected chi connectivity index (χ1v) is 8.05. The highest BCUT2D eigenvalue weighted by molar-refractivity contribution is 9.11. The molecule has 0 aliphatic rings. The molecule has 7 heteroatoms. The second-order valence-electron chi connectivity index (χ2n) is 4.99. The summed E-state index contributed by atoms with van der Waals surface area (Å²) >= 11 is 4.41. The van der Waals surface area contributed by atoms with E-state index in [1.165, 1.54) is 17.4 Å². The van der Waals surface area contributed by atoms with Gasteiger partial charge in [-0.2, -0.15) is 0 Å². The number of rotatable bonds is 5. The Bertz CT molecular complexity index is 713. The minimum absolute atomic E-state index is 0.0784. The molecule has 1 aromatic heterocycles. The molecule has 1 aromatic carbocycles. The molecule has 0 aliphatic carbocycles. The highest BCUT2D eigenvalue weighted by Gasteiger charge is 2.17. The van der Waals surface area contributed by atoms with Crippen LogP contribution in [0.5, 0.6) is 0 Å². The van der Waals surface area contributed by atoms with Gasteiger partial charge < -0.3 is 15.3 Å². The molecule has 22 heavy (non-hydrogen) atoms. The number of amides is 1. The van der Waals surface area contributed by atoms with E-state index in [0.29, 0.717) is 14.4 Å². The van der Waals surface area contributed by atoms with E-state index in [1.807, 2.05) is 31.1 Å². The second-order valence-corrected chi connectivity index (χ2v) is 7.42. The van der Waals surface area contributed by atoms with Crippen LogP contribution in [0.2, 0.25) is 0 Å². The molecule has 2 aromatic rings. The van der Waals surface area contributed by atoms with Gasteiger partial charge >= 0.3 is 5.97 Å². The summed E-state index contributed by atoms with van der Waals surface area (Å²) in [6.45, 7) is 0.728. The Kier molecular flexibility index (Phi) is 5.33. The second kappa shape index (κ2) is 7.04. The number of carbonyl (C=O) groups excluding carboxylic acids is 1. The lowest BCUT2D eigenvalue weighted by atomic mass is 10.1. The average molecular weight is 383 g/mol. The lowest BCUT2D eigenvalue weighted by molar-refractivity contribution is 0.0698. The van der Waals surface area contributed by atoms with Crippen LogP contribution in [0.3, 0.4) is 0 Å². The SMILES string of the molecule is CN(C)Cc1cccc(C(=O)Nc2sc(Br)cc2C(=O)O)c1. The maximum Gasteiger partial charge on any atom is 0.338 e. The molecular formula is C15H15BrN2O3S. The van der Waals surface area contributed by atoms with Gasteiger partial charge in [0.25, 0.3) is 5.91 Å². The highest BCUT2D eigenvalue weighted by atomic mass is 79.9. The molecule has 0 aliphatic heterocycles. The number of carbonyl (C=O) groups is 2. The van der Waals surface area contributed by atoms with E-state index in [-0.39, 0.29) is 11.5 Å². The maximum absolute atomic E-state index is 12.3. The molecule has 2 N–H and O–H groups in total. The number of thiophene rings is 1. The molecule has 0 unspecified atom stereocenters. The first kappa shape index (κ1) is 16.7. The van der Waals surface area contributed by atoms with Crippen molar-refractivity contribution < 1.29 is 14.7 Å². The maximum atomic E-state index is 12.3. The Morgan fingerprint density at radius 2 is 2.05 bits per heavy atom. The normalized spacial score (nSPS) is 10.7. The van der Waals surface area contributed by atoms with Gasteiger partial charge in [-0.25, -0.2) is 4.79 Å². The van der Waals surface area contributed by atoms with Crippen molar-refractivity contribution in [2.45, 2.75) is 6.54 Å². The van der Waals surface area contributed by atoms with Gasteiger partial charge in [0.15, 0.2) is 0 Å². The van der Waals surface area contributed by atoms with Crippen molar-refractivity contribution in [3.8, 4) is 0 Å². The van der Waals surface area contributed by atoms with Gasteiger partial charge in [0.05, 0.1) is 9.35 Å². The monoisotopic (exact) mass is 382 g/mol. The Morgan fingerprint density at radius 3 is 2.68 bits per heavy atom. The van der Waals surface area contributed by atoms with Gasteiger partial charge in [-0.15, -0.1) is 11.3 Å². The number of aromatic carboxylic acids is 1. The Morgan fingerprint density at radius 1 is 1.32 bits per heavy atom. The van der Waals surface area contributed by atoms with E-state index >= 15 is 0 Å². The van der Waals surface area contributed by atoms with Crippen LogP contribution in [0.1, 0.15) is 26.3 Å². The summed E-state index contributed by atoms with van der Waals surface area (Å²) in [5, 5.41) is 12.1. The third-order valence-electron chi connectivity index (χ3n) is 2.85. The zero-order valence-corrected chi connectivity index (χ0v) is 14.5. The number of carboxylic acid groups (broad SMARTS) is 1. The number of nitrogens with zero attached hydrogens (tertiary/aromatic N) is 1. The van der Waals surface area contributed by atoms with E-state index in [0.717, 1.165) is 12.1 Å². The standard InChI is InChI=1S/C15H15BrN2O3S/c1-18(2)8-9-4-3-5-10(6-9)13(19)17-14-11(15(20)21)7-12(16)22-14/h3-7H,8H2,1-2H3,(H,17,19)(H,20,21). The van der Waals surface area contributed by atoms with E-state index in [9.17, 15) is 9.59 Å². The van der Waals surface area contributed by atoms with Gasteiger partial charge in [-0.3, -0.25) is 4.79 Å². The quantitative estimate of drug-likeness (QED) is 0.829. The fraction of sp³-hybridized carbons (Fsp3) is 0.200. The van der Waals surface area contributed by atoms with Gasteiger partial charge in [-0.1, -0.05) is 12.1 Å². The van der Waals surface area contributed by atoms with Crippen molar-refractivity contribution >= 4 is 44.1 Å². The van der Waals surface area contributed by atoms with E-state index in [1.54, 1.807) is 12.1 Å². The zero-order valence-electron chi connectivity index (χ0n) is 12.1. The van der Waals surface area contributed by atoms with Crippen LogP contribution >= 0.6 is 27.3 Å². The third kappa shape index (κ3) is 4.16. The van der Waals surface area contributed by atoms with Crippen LogP contribution in [0.4, 0.5) is 5.00 Å². The van der Waals surface area contributed by atoms with Gasteiger partial charge in [0, 0.05) is 12.1 Å². The van der Waals surface area contributed by atoms with Gasteiger partial charge in [0.2, 0.25) is 0 Å². The summed E-state index contributed by atoms with van der Waals surface area (Å²) < 4.78 is 0.654. The molecule has 0 fully saturated rings. The summed E-state index contributed by atoms with van der Waals surface area (Å²) in [6, 6.07) is 8.75. The summed E-state index contributed by atoms with van der Waals surface area (Å²) in [5.41, 5.74) is 1.60. The minimum atomic E-state index is -1.07. The summed E-state index contributed by atoms with van der Waals surface area (Å²) in [5.74, 6) is -1.39. The fourth-order valence-corrected chi connectivity index (χ4v) is 3.45. The predicted octanol–water partition coefficient (Wildman–Crippen LogP) is 3.52. The van der Waals surface area contributed by atoms with Crippen LogP contribution < -0.4 is 5.32 Å². The number of hydrogen-bond acceptors (Lipinski definition) is 4. The molecule has 1 heterocycles. The van der Waals surface area contributed by atoms with E-state index in [2.05, 4.69) is 21.2 Å². The van der Waals surface area contributed by atoms with E-state index < -0.39 is 5.97 Å². The number of benzene rings is 1. The van der Waals surface area contributed by atoms with Crippen molar-refractivity contribution in [1.29, 1.82) is 0 Å². The topological polar surface area (TPSA) is 69.6 Å². The highest BCUT2D eigenvalue weighted by Crippen LogP contribution is 2.32. The lowest BCUT2D eigenvalue weighted by Crippen LogP contribution is -2.15. The minimum Gasteiger partial charge on any atom is -0.478 e. The molecule has 116 valence electrons. The van der Waals surface area contributed by atoms with Crippen molar-refractivity contribution in [3.05, 3.63) is 50.8 Å². The molecule has 0 saturated heterocycles. The van der Waals surface area contributed by atoms with Crippen LogP contribution in [-0.4, -0.2) is 36.0 Å².